The lowest BCUT2D eigenvalue weighted by atomic mass is 10.1. The van der Waals surface area contributed by atoms with E-state index in [4.69, 9.17) is 11.6 Å². The summed E-state index contributed by atoms with van der Waals surface area (Å²) in [6.07, 6.45) is 3.01. The Morgan fingerprint density at radius 3 is 2.67 bits per heavy atom. The minimum Gasteiger partial charge on any atom is -0.211 e. The van der Waals surface area contributed by atoms with Crippen molar-refractivity contribution in [3.63, 3.8) is 0 Å². The van der Waals surface area contributed by atoms with Crippen molar-refractivity contribution in [3.05, 3.63) is 29.8 Å². The first-order valence-corrected chi connectivity index (χ1v) is 8.12. The average Bonchev–Trinajstić information content (AvgIpc) is 3.08. The molecule has 0 bridgehead atoms. The van der Waals surface area contributed by atoms with E-state index in [1.54, 1.807) is 18.2 Å². The van der Waals surface area contributed by atoms with Gasteiger partial charge >= 0.3 is 0 Å². The predicted molar refractivity (Wildman–Crippen MR) is 73.4 cm³/mol. The molecular formula is C13H18ClNO2S. The molecule has 2 rings (SSSR count). The third kappa shape index (κ3) is 3.25. The Bertz CT molecular complexity index is 524. The van der Waals surface area contributed by atoms with Gasteiger partial charge in [0.2, 0.25) is 10.0 Å². The molecule has 0 unspecified atom stereocenters. The summed E-state index contributed by atoms with van der Waals surface area (Å²) < 4.78 is 26.9. The molecule has 3 nitrogen and oxygen atoms in total. The number of alkyl halides is 1. The molecule has 0 radical (unpaired) electrons. The summed E-state index contributed by atoms with van der Waals surface area (Å²) in [5.74, 6) is 0.589. The summed E-state index contributed by atoms with van der Waals surface area (Å²) >= 11 is 5.74. The topological polar surface area (TPSA) is 46.2 Å². The monoisotopic (exact) mass is 287 g/mol. The smallest absolute Gasteiger partial charge is 0.211 e. The van der Waals surface area contributed by atoms with Crippen LogP contribution in [-0.2, 0) is 10.0 Å². The molecule has 5 heteroatoms. The van der Waals surface area contributed by atoms with Crippen LogP contribution in [0.1, 0.15) is 24.8 Å². The number of rotatable bonds is 6. The van der Waals surface area contributed by atoms with Crippen LogP contribution in [-0.4, -0.2) is 20.8 Å². The lowest BCUT2D eigenvalue weighted by Crippen LogP contribution is -2.30. The Labute approximate surface area is 114 Å². The van der Waals surface area contributed by atoms with Crippen LogP contribution in [0.25, 0.3) is 0 Å². The summed E-state index contributed by atoms with van der Waals surface area (Å²) in [6.45, 7) is 2.38. The molecule has 0 amide bonds. The van der Waals surface area contributed by atoms with E-state index in [0.717, 1.165) is 24.8 Å². The van der Waals surface area contributed by atoms with Crippen molar-refractivity contribution in [2.45, 2.75) is 31.1 Å². The third-order valence-corrected chi connectivity index (χ3v) is 5.11. The van der Waals surface area contributed by atoms with E-state index in [-0.39, 0.29) is 5.41 Å². The molecule has 1 aromatic carbocycles. The zero-order valence-electron chi connectivity index (χ0n) is 10.4. The minimum absolute atomic E-state index is 0.110. The molecule has 18 heavy (non-hydrogen) atoms. The normalized spacial score (nSPS) is 17.7. The van der Waals surface area contributed by atoms with Crippen LogP contribution in [0.15, 0.2) is 29.2 Å². The van der Waals surface area contributed by atoms with Crippen LogP contribution in [0.5, 0.6) is 0 Å². The minimum atomic E-state index is -3.39. The van der Waals surface area contributed by atoms with Crippen molar-refractivity contribution in [2.75, 3.05) is 12.4 Å². The van der Waals surface area contributed by atoms with Crippen molar-refractivity contribution in [2.24, 2.45) is 5.41 Å². The van der Waals surface area contributed by atoms with E-state index < -0.39 is 10.0 Å². The lowest BCUT2D eigenvalue weighted by molar-refractivity contribution is 0.478. The second-order valence-corrected chi connectivity index (χ2v) is 7.22. The van der Waals surface area contributed by atoms with Gasteiger partial charge in [0.15, 0.2) is 0 Å². The highest BCUT2D eigenvalue weighted by Crippen LogP contribution is 2.48. The molecule has 1 N–H and O–H groups in total. The molecular weight excluding hydrogens is 270 g/mol. The van der Waals surface area contributed by atoms with Gasteiger partial charge in [0.25, 0.3) is 0 Å². The van der Waals surface area contributed by atoms with Crippen LogP contribution in [0.2, 0.25) is 0 Å². The van der Waals surface area contributed by atoms with E-state index in [1.165, 1.54) is 0 Å². The zero-order valence-corrected chi connectivity index (χ0v) is 12.0. The van der Waals surface area contributed by atoms with Crippen molar-refractivity contribution in [1.29, 1.82) is 0 Å². The van der Waals surface area contributed by atoms with E-state index >= 15 is 0 Å². The molecule has 1 aliphatic carbocycles. The maximum absolute atomic E-state index is 12.1. The molecule has 0 saturated heterocycles. The van der Waals surface area contributed by atoms with Crippen LogP contribution in [0.3, 0.4) is 0 Å². The lowest BCUT2D eigenvalue weighted by Gasteiger charge is -2.14. The summed E-state index contributed by atoms with van der Waals surface area (Å²) in [6, 6.07) is 6.95. The van der Waals surface area contributed by atoms with Crippen LogP contribution < -0.4 is 4.72 Å². The first-order valence-electron chi connectivity index (χ1n) is 6.10. The average molecular weight is 288 g/mol. The van der Waals surface area contributed by atoms with E-state index in [9.17, 15) is 8.42 Å². The number of nitrogens with one attached hydrogen (secondary N) is 1. The first-order chi connectivity index (χ1) is 8.47. The van der Waals surface area contributed by atoms with Crippen molar-refractivity contribution < 1.29 is 8.42 Å². The summed E-state index contributed by atoms with van der Waals surface area (Å²) in [5.41, 5.74) is 1.05. The van der Waals surface area contributed by atoms with Gasteiger partial charge in [0.1, 0.15) is 0 Å². The predicted octanol–water partition coefficient (Wildman–Crippen LogP) is 2.68. The van der Waals surface area contributed by atoms with Crippen LogP contribution in [0, 0.1) is 12.3 Å². The van der Waals surface area contributed by atoms with Gasteiger partial charge in [-0.1, -0.05) is 12.1 Å². The SMILES string of the molecule is Cc1cccc(S(=O)(=O)NCC2(CCCl)CC2)c1. The zero-order chi connectivity index (χ0) is 13.2. The summed E-state index contributed by atoms with van der Waals surface area (Å²) in [4.78, 5) is 0.337. The van der Waals surface area contributed by atoms with Crippen LogP contribution >= 0.6 is 11.6 Å². The molecule has 1 aliphatic rings. The maximum Gasteiger partial charge on any atom is 0.240 e. The summed E-state index contributed by atoms with van der Waals surface area (Å²) in [7, 11) is -3.39. The fourth-order valence-electron chi connectivity index (χ4n) is 2.01. The Morgan fingerprint density at radius 2 is 2.11 bits per heavy atom. The Hall–Kier alpha value is -0.580. The first kappa shape index (κ1) is 13.8. The van der Waals surface area contributed by atoms with Crippen molar-refractivity contribution in [1.82, 2.24) is 4.72 Å². The standard InChI is InChI=1S/C13H18ClNO2S/c1-11-3-2-4-12(9-11)18(16,17)15-10-13(5-6-13)7-8-14/h2-4,9,15H,5-8,10H2,1H3. The van der Waals surface area contributed by atoms with E-state index in [1.807, 2.05) is 13.0 Å². The maximum atomic E-state index is 12.1. The number of hydrogen-bond donors (Lipinski definition) is 1. The second kappa shape index (κ2) is 5.19. The molecule has 1 aromatic rings. The molecule has 0 aliphatic heterocycles. The van der Waals surface area contributed by atoms with Crippen molar-refractivity contribution >= 4 is 21.6 Å². The number of hydrogen-bond acceptors (Lipinski definition) is 2. The number of aryl methyl sites for hydroxylation is 1. The molecule has 0 heterocycles. The molecule has 0 aromatic heterocycles. The van der Waals surface area contributed by atoms with Crippen LogP contribution in [0.4, 0.5) is 0 Å². The Kier molecular flexibility index (Phi) is 3.99. The summed E-state index contributed by atoms with van der Waals surface area (Å²) in [5, 5.41) is 0. The highest BCUT2D eigenvalue weighted by molar-refractivity contribution is 7.89. The van der Waals surface area contributed by atoms with E-state index in [2.05, 4.69) is 4.72 Å². The van der Waals surface area contributed by atoms with Gasteiger partial charge in [0, 0.05) is 12.4 Å². The van der Waals surface area contributed by atoms with E-state index in [0.29, 0.717) is 17.3 Å². The van der Waals surface area contributed by atoms with Crippen molar-refractivity contribution in [3.8, 4) is 0 Å². The molecule has 100 valence electrons. The number of sulfonamides is 1. The fourth-order valence-corrected chi connectivity index (χ4v) is 3.67. The highest BCUT2D eigenvalue weighted by Gasteiger charge is 2.42. The third-order valence-electron chi connectivity index (χ3n) is 3.52. The highest BCUT2D eigenvalue weighted by atomic mass is 35.5. The Balaban J connectivity index is 2.04. The second-order valence-electron chi connectivity index (χ2n) is 5.08. The van der Waals surface area contributed by atoms with Gasteiger partial charge in [-0.3, -0.25) is 0 Å². The van der Waals surface area contributed by atoms with Gasteiger partial charge in [0.05, 0.1) is 4.90 Å². The van der Waals surface area contributed by atoms with Gasteiger partial charge in [-0.15, -0.1) is 11.6 Å². The van der Waals surface area contributed by atoms with Gasteiger partial charge < -0.3 is 0 Å². The molecule has 0 spiro atoms. The Morgan fingerprint density at radius 1 is 1.39 bits per heavy atom. The number of halogens is 1. The largest absolute Gasteiger partial charge is 0.240 e. The molecule has 0 atom stereocenters. The quantitative estimate of drug-likeness (QED) is 0.818. The number of benzene rings is 1. The van der Waals surface area contributed by atoms with Gasteiger partial charge in [-0.25, -0.2) is 13.1 Å². The van der Waals surface area contributed by atoms with Gasteiger partial charge in [-0.05, 0) is 49.3 Å². The molecule has 1 saturated carbocycles. The molecule has 1 fully saturated rings. The fraction of sp³-hybridized carbons (Fsp3) is 0.538. The van der Waals surface area contributed by atoms with Gasteiger partial charge in [-0.2, -0.15) is 0 Å².